The number of imidazole rings is 1. The first-order chi connectivity index (χ1) is 25.9. The molecule has 1 atom stereocenters. The summed E-state index contributed by atoms with van der Waals surface area (Å²) in [6.45, 7) is 11.6. The van der Waals surface area contributed by atoms with E-state index in [1.807, 2.05) is 54.6 Å². The second-order valence-electron chi connectivity index (χ2n) is 13.2. The van der Waals surface area contributed by atoms with Crippen LogP contribution in [0.25, 0.3) is 27.1 Å². The van der Waals surface area contributed by atoms with Gasteiger partial charge in [-0.25, -0.2) is 24.6 Å². The first-order valence-corrected chi connectivity index (χ1v) is 17.7. The van der Waals surface area contributed by atoms with Crippen molar-refractivity contribution < 1.29 is 33.3 Å². The summed E-state index contributed by atoms with van der Waals surface area (Å²) in [4.78, 5) is 30.2. The van der Waals surface area contributed by atoms with E-state index < -0.39 is 5.97 Å². The predicted molar refractivity (Wildman–Crippen MR) is 195 cm³/mol. The Bertz CT molecular complexity index is 2350. The number of hydrogen-bond donors (Lipinski definition) is 1. The highest BCUT2D eigenvalue weighted by Crippen LogP contribution is 2.34. The van der Waals surface area contributed by atoms with E-state index in [2.05, 4.69) is 14.4 Å². The molecule has 3 aromatic heterocycles. The van der Waals surface area contributed by atoms with Crippen molar-refractivity contribution in [3.05, 3.63) is 124 Å². The summed E-state index contributed by atoms with van der Waals surface area (Å²) >= 11 is 0. The van der Waals surface area contributed by atoms with Gasteiger partial charge in [-0.05, 0) is 49.1 Å². The number of aromatic carboxylic acids is 1. The first-order valence-electron chi connectivity index (χ1n) is 17.7. The van der Waals surface area contributed by atoms with Crippen LogP contribution in [0.15, 0.2) is 77.4 Å². The van der Waals surface area contributed by atoms with Crippen molar-refractivity contribution in [1.29, 1.82) is 0 Å². The average Bonchev–Trinajstić information content (AvgIpc) is 3.73. The van der Waals surface area contributed by atoms with Crippen LogP contribution in [0.3, 0.4) is 0 Å². The van der Waals surface area contributed by atoms with Crippen molar-refractivity contribution in [3.8, 4) is 28.6 Å². The summed E-state index contributed by atoms with van der Waals surface area (Å²) in [6.07, 6.45) is 4.82. The number of pyridine rings is 1. The van der Waals surface area contributed by atoms with Gasteiger partial charge in [0.2, 0.25) is 5.88 Å². The molecule has 0 saturated carbocycles. The molecule has 5 heterocycles. The molecule has 6 aromatic rings. The molecule has 53 heavy (non-hydrogen) atoms. The number of nitrogens with zero attached hydrogens (tertiary/aromatic N) is 5. The average molecular weight is 712 g/mol. The topological polar surface area (TPSA) is 135 Å². The van der Waals surface area contributed by atoms with E-state index in [0.29, 0.717) is 85.6 Å². The van der Waals surface area contributed by atoms with Crippen LogP contribution in [0.1, 0.15) is 57.3 Å². The zero-order valence-electron chi connectivity index (χ0n) is 29.2. The molecule has 0 unspecified atom stereocenters. The van der Waals surface area contributed by atoms with Crippen LogP contribution in [0.4, 0.5) is 5.69 Å². The van der Waals surface area contributed by atoms with Crippen LogP contribution in [-0.4, -0.2) is 56.5 Å². The number of benzene rings is 3. The molecular formula is C41H37N5O7. The number of carboxylic acids is 1. The maximum atomic E-state index is 12.3. The molecule has 0 radical (unpaired) electrons. The van der Waals surface area contributed by atoms with Crippen LogP contribution in [0, 0.1) is 13.5 Å². The number of aryl methyl sites for hydroxylation is 2. The molecule has 3 aromatic carbocycles. The van der Waals surface area contributed by atoms with Crippen molar-refractivity contribution in [2.75, 3.05) is 19.8 Å². The van der Waals surface area contributed by atoms with Gasteiger partial charge >= 0.3 is 5.97 Å². The molecule has 0 spiro atoms. The minimum Gasteiger partial charge on any atom is -0.493 e. The Hall–Kier alpha value is -6.19. The van der Waals surface area contributed by atoms with Gasteiger partial charge in [0.15, 0.2) is 11.6 Å². The van der Waals surface area contributed by atoms with Gasteiger partial charge in [-0.3, -0.25) is 0 Å². The van der Waals surface area contributed by atoms with Crippen molar-refractivity contribution in [1.82, 2.24) is 19.5 Å². The van der Waals surface area contributed by atoms with E-state index in [1.165, 1.54) is 6.07 Å². The molecule has 4 bridgehead atoms. The van der Waals surface area contributed by atoms with Crippen LogP contribution >= 0.6 is 0 Å². The van der Waals surface area contributed by atoms with Gasteiger partial charge in [0.25, 0.3) is 0 Å². The van der Waals surface area contributed by atoms with Crippen molar-refractivity contribution >= 4 is 22.7 Å². The lowest BCUT2D eigenvalue weighted by atomic mass is 10.0. The van der Waals surface area contributed by atoms with Gasteiger partial charge < -0.3 is 33.0 Å². The number of aromatic nitrogens is 4. The third kappa shape index (κ3) is 7.43. The quantitative estimate of drug-likeness (QED) is 0.150. The van der Waals surface area contributed by atoms with Crippen molar-refractivity contribution in [3.63, 3.8) is 0 Å². The molecule has 0 amide bonds. The lowest BCUT2D eigenvalue weighted by molar-refractivity contribution is -0.0589. The van der Waals surface area contributed by atoms with E-state index >= 15 is 0 Å². The van der Waals surface area contributed by atoms with Crippen LogP contribution in [-0.2, 0) is 37.2 Å². The number of oxazole rings is 1. The molecule has 0 aliphatic carbocycles. The number of ether oxygens (including phenoxy) is 4. The molecule has 1 fully saturated rings. The summed E-state index contributed by atoms with van der Waals surface area (Å²) in [7, 11) is 0. The Kier molecular flexibility index (Phi) is 9.48. The maximum Gasteiger partial charge on any atom is 0.335 e. The lowest BCUT2D eigenvalue weighted by Gasteiger charge is -2.27. The molecule has 2 aliphatic heterocycles. The highest BCUT2D eigenvalue weighted by Gasteiger charge is 2.25. The van der Waals surface area contributed by atoms with Crippen molar-refractivity contribution in [2.24, 2.45) is 0 Å². The third-order valence-corrected chi connectivity index (χ3v) is 9.58. The smallest absolute Gasteiger partial charge is 0.335 e. The summed E-state index contributed by atoms with van der Waals surface area (Å²) in [5.74, 6) is 1.84. The number of carbonyl (C=O) groups is 1. The van der Waals surface area contributed by atoms with Gasteiger partial charge in [0, 0.05) is 43.6 Å². The van der Waals surface area contributed by atoms with E-state index in [9.17, 15) is 9.90 Å². The van der Waals surface area contributed by atoms with Crippen LogP contribution in [0.5, 0.6) is 17.4 Å². The molecule has 2 aliphatic rings. The van der Waals surface area contributed by atoms with Gasteiger partial charge in [-0.15, -0.1) is 0 Å². The standard InChI is InChI=1S/C41H37N5O7/c1-25-43-32(24-52-25)12-15-51-37-20-30(41(47)48)18-35-40(37)45-38(46(35)22-33-13-16-49-33)21-28-9-8-27-19-36(28)50-14-4-5-26-17-31(42-2)11-10-29(26)23-53-39-7-3-6-34(27)44-39/h3,6-11,17-20,24,33H,4-5,12-16,21-23H2,1H3,(H,47,48)/t33-/m0/s1. The summed E-state index contributed by atoms with van der Waals surface area (Å²) in [6, 6.07) is 20.6. The molecule has 1 saturated heterocycles. The Morgan fingerprint density at radius 2 is 1.94 bits per heavy atom. The second kappa shape index (κ2) is 14.8. The second-order valence-corrected chi connectivity index (χ2v) is 13.2. The zero-order valence-corrected chi connectivity index (χ0v) is 29.2. The van der Waals surface area contributed by atoms with E-state index in [4.69, 9.17) is 39.9 Å². The molecule has 8 rings (SSSR count). The predicted octanol–water partition coefficient (Wildman–Crippen LogP) is 7.55. The summed E-state index contributed by atoms with van der Waals surface area (Å²) in [5.41, 5.74) is 7.29. The van der Waals surface area contributed by atoms with Gasteiger partial charge in [0.05, 0.1) is 54.9 Å². The monoisotopic (exact) mass is 711 g/mol. The maximum absolute atomic E-state index is 12.3. The molecule has 1 N–H and O–H groups in total. The third-order valence-electron chi connectivity index (χ3n) is 9.58. The Balaban J connectivity index is 1.15. The van der Waals surface area contributed by atoms with Gasteiger partial charge in [0.1, 0.15) is 35.7 Å². The number of rotatable bonds is 9. The minimum absolute atomic E-state index is 0.0112. The fourth-order valence-corrected chi connectivity index (χ4v) is 6.71. The van der Waals surface area contributed by atoms with Crippen LogP contribution < -0.4 is 14.2 Å². The van der Waals surface area contributed by atoms with E-state index in [-0.39, 0.29) is 18.3 Å². The highest BCUT2D eigenvalue weighted by molar-refractivity contribution is 5.95. The normalized spacial score (nSPS) is 15.3. The minimum atomic E-state index is -1.06. The number of carboxylic acid groups (broad SMARTS) is 1. The molecule has 12 nitrogen and oxygen atoms in total. The first kappa shape index (κ1) is 33.9. The lowest BCUT2D eigenvalue weighted by Crippen LogP contribution is -2.31. The van der Waals surface area contributed by atoms with Gasteiger partial charge in [-0.2, -0.15) is 0 Å². The zero-order chi connectivity index (χ0) is 36.3. The largest absolute Gasteiger partial charge is 0.493 e. The number of fused-ring (bicyclic) bond motifs is 7. The fourth-order valence-electron chi connectivity index (χ4n) is 6.71. The molecule has 12 heteroatoms. The Morgan fingerprint density at radius 3 is 2.74 bits per heavy atom. The Labute approximate surface area is 305 Å². The van der Waals surface area contributed by atoms with Crippen LogP contribution in [0.2, 0.25) is 0 Å². The molecular weight excluding hydrogens is 674 g/mol. The summed E-state index contributed by atoms with van der Waals surface area (Å²) < 4.78 is 32.1. The fraction of sp³-hybridized carbons (Fsp3) is 0.293. The summed E-state index contributed by atoms with van der Waals surface area (Å²) in [5, 5.41) is 10.1. The SMILES string of the molecule is [C-]#[N+]c1ccc2c(c1)CCCOc1cc(ccc1Cc1nc3c(OCCc4coc(C)n4)cc(C(=O)O)cc3n1C[C@@H]1CCO1)-c1cccc(n1)OC2. The highest BCUT2D eigenvalue weighted by atomic mass is 16.5. The number of hydrogen-bond acceptors (Lipinski definition) is 9. The van der Waals surface area contributed by atoms with E-state index in [1.54, 1.807) is 19.3 Å². The Morgan fingerprint density at radius 1 is 1.04 bits per heavy atom. The van der Waals surface area contributed by atoms with Gasteiger partial charge in [-0.1, -0.05) is 42.0 Å². The van der Waals surface area contributed by atoms with Crippen molar-refractivity contribution in [2.45, 2.75) is 58.3 Å². The van der Waals surface area contributed by atoms with E-state index in [0.717, 1.165) is 52.3 Å². The molecule has 268 valence electrons.